The molecule has 102 valence electrons. The molecule has 1 aromatic carbocycles. The van der Waals surface area contributed by atoms with Gasteiger partial charge in [0.25, 0.3) is 0 Å². The minimum absolute atomic E-state index is 0.111. The van der Waals surface area contributed by atoms with Gasteiger partial charge in [0, 0.05) is 18.6 Å². The quantitative estimate of drug-likeness (QED) is 0.802. The third-order valence-corrected chi connectivity index (χ3v) is 3.91. The van der Waals surface area contributed by atoms with Gasteiger partial charge in [-0.3, -0.25) is 4.90 Å². The summed E-state index contributed by atoms with van der Waals surface area (Å²) in [6, 6.07) is 8.77. The molecule has 0 aliphatic heterocycles. The summed E-state index contributed by atoms with van der Waals surface area (Å²) >= 11 is 0. The van der Waals surface area contributed by atoms with Crippen molar-refractivity contribution in [2.45, 2.75) is 52.6 Å². The number of benzene rings is 1. The van der Waals surface area contributed by atoms with Crippen LogP contribution in [0.25, 0.3) is 0 Å². The molecule has 0 amide bonds. The second-order valence-corrected chi connectivity index (χ2v) is 5.47. The molecule has 0 bridgehead atoms. The number of aryl methyl sites for hydroxylation is 1. The van der Waals surface area contributed by atoms with Crippen LogP contribution in [0.15, 0.2) is 24.3 Å². The number of nitrogens with zero attached hydrogens (tertiary/aromatic N) is 1. The van der Waals surface area contributed by atoms with Crippen molar-refractivity contribution < 1.29 is 0 Å². The van der Waals surface area contributed by atoms with Crippen LogP contribution in [0.1, 0.15) is 44.7 Å². The Labute approximate surface area is 112 Å². The first kappa shape index (κ1) is 15.2. The third-order valence-electron chi connectivity index (χ3n) is 3.91. The Balaban J connectivity index is 2.86. The van der Waals surface area contributed by atoms with Crippen LogP contribution in [0.5, 0.6) is 0 Å². The first-order valence-electron chi connectivity index (χ1n) is 7.06. The summed E-state index contributed by atoms with van der Waals surface area (Å²) < 4.78 is 0. The molecule has 0 saturated heterocycles. The summed E-state index contributed by atoms with van der Waals surface area (Å²) in [7, 11) is 0. The summed E-state index contributed by atoms with van der Waals surface area (Å²) in [4.78, 5) is 2.53. The number of rotatable bonds is 7. The zero-order chi connectivity index (χ0) is 13.6. The van der Waals surface area contributed by atoms with Gasteiger partial charge in [-0.2, -0.15) is 0 Å². The van der Waals surface area contributed by atoms with Crippen LogP contribution < -0.4 is 5.73 Å². The molecular formula is C16H28N2. The Morgan fingerprint density at radius 1 is 1.28 bits per heavy atom. The normalized spacial score (nSPS) is 14.8. The van der Waals surface area contributed by atoms with Crippen molar-refractivity contribution in [1.29, 1.82) is 0 Å². The summed E-state index contributed by atoms with van der Waals surface area (Å²) in [5, 5.41) is 0. The van der Waals surface area contributed by atoms with Gasteiger partial charge in [0.15, 0.2) is 0 Å². The van der Waals surface area contributed by atoms with Crippen LogP contribution in [0.3, 0.4) is 0 Å². The van der Waals surface area contributed by atoms with Crippen molar-refractivity contribution in [3.8, 4) is 0 Å². The molecule has 2 nitrogen and oxygen atoms in total. The van der Waals surface area contributed by atoms with E-state index in [0.717, 1.165) is 26.1 Å². The SMILES string of the molecule is CCCN(Cc1cccc(C)c1)C(C)(CC)CN. The van der Waals surface area contributed by atoms with Crippen LogP contribution >= 0.6 is 0 Å². The molecular weight excluding hydrogens is 220 g/mol. The topological polar surface area (TPSA) is 29.3 Å². The van der Waals surface area contributed by atoms with E-state index in [9.17, 15) is 0 Å². The van der Waals surface area contributed by atoms with Gasteiger partial charge in [-0.25, -0.2) is 0 Å². The van der Waals surface area contributed by atoms with Crippen molar-refractivity contribution in [3.05, 3.63) is 35.4 Å². The molecule has 18 heavy (non-hydrogen) atoms. The number of hydrogen-bond acceptors (Lipinski definition) is 2. The van der Waals surface area contributed by atoms with Crippen molar-refractivity contribution >= 4 is 0 Å². The Morgan fingerprint density at radius 3 is 2.50 bits per heavy atom. The summed E-state index contributed by atoms with van der Waals surface area (Å²) in [6.45, 7) is 11.7. The van der Waals surface area contributed by atoms with E-state index < -0.39 is 0 Å². The first-order chi connectivity index (χ1) is 8.55. The van der Waals surface area contributed by atoms with Crippen LogP contribution in [0, 0.1) is 6.92 Å². The molecule has 2 heteroatoms. The molecule has 0 spiro atoms. The fourth-order valence-corrected chi connectivity index (χ4v) is 2.34. The van der Waals surface area contributed by atoms with E-state index in [1.54, 1.807) is 0 Å². The van der Waals surface area contributed by atoms with Gasteiger partial charge >= 0.3 is 0 Å². The minimum Gasteiger partial charge on any atom is -0.329 e. The van der Waals surface area contributed by atoms with Crippen molar-refractivity contribution in [1.82, 2.24) is 4.90 Å². The monoisotopic (exact) mass is 248 g/mol. The van der Waals surface area contributed by atoms with E-state index in [-0.39, 0.29) is 5.54 Å². The van der Waals surface area contributed by atoms with E-state index in [1.807, 2.05) is 0 Å². The molecule has 1 rings (SSSR count). The maximum atomic E-state index is 5.99. The second-order valence-electron chi connectivity index (χ2n) is 5.47. The van der Waals surface area contributed by atoms with E-state index in [2.05, 4.69) is 56.9 Å². The average Bonchev–Trinajstić information content (AvgIpc) is 2.37. The predicted molar refractivity (Wildman–Crippen MR) is 79.6 cm³/mol. The van der Waals surface area contributed by atoms with Crippen LogP contribution in [-0.2, 0) is 6.54 Å². The second kappa shape index (κ2) is 6.91. The highest BCUT2D eigenvalue weighted by atomic mass is 15.2. The molecule has 0 radical (unpaired) electrons. The smallest absolute Gasteiger partial charge is 0.0304 e. The molecule has 0 aromatic heterocycles. The maximum absolute atomic E-state index is 5.99. The Morgan fingerprint density at radius 2 is 2.00 bits per heavy atom. The van der Waals surface area contributed by atoms with Gasteiger partial charge in [0.1, 0.15) is 0 Å². The highest BCUT2D eigenvalue weighted by molar-refractivity contribution is 5.22. The highest BCUT2D eigenvalue weighted by Gasteiger charge is 2.27. The Bertz CT molecular complexity index is 356. The first-order valence-corrected chi connectivity index (χ1v) is 7.06. The van der Waals surface area contributed by atoms with Crippen LogP contribution in [0.2, 0.25) is 0 Å². The van der Waals surface area contributed by atoms with Crippen molar-refractivity contribution in [2.24, 2.45) is 5.73 Å². The van der Waals surface area contributed by atoms with Crippen LogP contribution in [0.4, 0.5) is 0 Å². The summed E-state index contributed by atoms with van der Waals surface area (Å²) in [5.74, 6) is 0. The van der Waals surface area contributed by atoms with E-state index in [1.165, 1.54) is 17.5 Å². The van der Waals surface area contributed by atoms with E-state index in [4.69, 9.17) is 5.73 Å². The Hall–Kier alpha value is -0.860. The van der Waals surface area contributed by atoms with Crippen molar-refractivity contribution in [2.75, 3.05) is 13.1 Å². The van der Waals surface area contributed by atoms with Gasteiger partial charge in [-0.1, -0.05) is 43.7 Å². The van der Waals surface area contributed by atoms with Gasteiger partial charge in [-0.05, 0) is 38.8 Å². The van der Waals surface area contributed by atoms with E-state index >= 15 is 0 Å². The van der Waals surface area contributed by atoms with Crippen LogP contribution in [-0.4, -0.2) is 23.5 Å². The van der Waals surface area contributed by atoms with Gasteiger partial charge in [0.2, 0.25) is 0 Å². The molecule has 0 aliphatic carbocycles. The molecule has 1 unspecified atom stereocenters. The predicted octanol–water partition coefficient (Wildman–Crippen LogP) is 3.33. The fraction of sp³-hybridized carbons (Fsp3) is 0.625. The lowest BCUT2D eigenvalue weighted by atomic mass is 9.95. The van der Waals surface area contributed by atoms with E-state index in [0.29, 0.717) is 0 Å². The zero-order valence-electron chi connectivity index (χ0n) is 12.4. The van der Waals surface area contributed by atoms with Gasteiger partial charge < -0.3 is 5.73 Å². The molecule has 1 aromatic rings. The highest BCUT2D eigenvalue weighted by Crippen LogP contribution is 2.21. The molecule has 0 heterocycles. The van der Waals surface area contributed by atoms with Crippen molar-refractivity contribution in [3.63, 3.8) is 0 Å². The molecule has 0 fully saturated rings. The maximum Gasteiger partial charge on any atom is 0.0304 e. The molecule has 1 atom stereocenters. The Kier molecular flexibility index (Phi) is 5.83. The zero-order valence-corrected chi connectivity index (χ0v) is 12.4. The largest absolute Gasteiger partial charge is 0.329 e. The standard InChI is InChI=1S/C16H28N2/c1-5-10-18(16(4,6-2)13-17)12-15-9-7-8-14(3)11-15/h7-9,11H,5-6,10,12-13,17H2,1-4H3. The lowest BCUT2D eigenvalue weighted by Gasteiger charge is -2.40. The lowest BCUT2D eigenvalue weighted by Crippen LogP contribution is -2.51. The van der Waals surface area contributed by atoms with Gasteiger partial charge in [-0.15, -0.1) is 0 Å². The summed E-state index contributed by atoms with van der Waals surface area (Å²) in [5.41, 5.74) is 8.82. The number of nitrogens with two attached hydrogens (primary N) is 1. The third kappa shape index (κ3) is 3.82. The minimum atomic E-state index is 0.111. The number of hydrogen-bond donors (Lipinski definition) is 1. The molecule has 0 aliphatic rings. The average molecular weight is 248 g/mol. The fourth-order valence-electron chi connectivity index (χ4n) is 2.34. The summed E-state index contributed by atoms with van der Waals surface area (Å²) in [6.07, 6.45) is 2.26. The molecule has 2 N–H and O–H groups in total. The van der Waals surface area contributed by atoms with Gasteiger partial charge in [0.05, 0.1) is 0 Å². The molecule has 0 saturated carbocycles. The lowest BCUT2D eigenvalue weighted by molar-refractivity contribution is 0.0972.